The second-order valence-corrected chi connectivity index (χ2v) is 8.16. The van der Waals surface area contributed by atoms with Crippen molar-refractivity contribution in [2.75, 3.05) is 20.1 Å². The van der Waals surface area contributed by atoms with Crippen LogP contribution in [0.15, 0.2) is 59.6 Å². The van der Waals surface area contributed by atoms with Crippen LogP contribution in [0.25, 0.3) is 0 Å². The van der Waals surface area contributed by atoms with Gasteiger partial charge in [0, 0.05) is 50.9 Å². The van der Waals surface area contributed by atoms with Gasteiger partial charge in [-0.05, 0) is 49.9 Å². The maximum Gasteiger partial charge on any atom is 0.251 e. The number of halogens is 1. The molecule has 0 saturated carbocycles. The summed E-state index contributed by atoms with van der Waals surface area (Å²) in [6, 6.07) is 19.3. The molecule has 1 amide bonds. The van der Waals surface area contributed by atoms with Gasteiger partial charge in [0.2, 0.25) is 0 Å². The number of carbonyl (C=O) groups excluding carboxylic acids is 1. The highest BCUT2D eigenvalue weighted by Gasteiger charge is 2.25. The predicted octanol–water partition coefficient (Wildman–Crippen LogP) is 3.77. The van der Waals surface area contributed by atoms with Crippen molar-refractivity contribution in [3.63, 3.8) is 0 Å². The van der Waals surface area contributed by atoms with Crippen LogP contribution in [0, 0.1) is 0 Å². The number of amides is 1. The first-order valence-corrected chi connectivity index (χ1v) is 11.2. The summed E-state index contributed by atoms with van der Waals surface area (Å²) in [4.78, 5) is 19.0. The van der Waals surface area contributed by atoms with Crippen LogP contribution in [0.3, 0.4) is 0 Å². The first-order valence-electron chi connectivity index (χ1n) is 11.2. The Morgan fingerprint density at radius 3 is 2.53 bits per heavy atom. The van der Waals surface area contributed by atoms with E-state index in [1.165, 1.54) is 5.56 Å². The minimum absolute atomic E-state index is 0. The lowest BCUT2D eigenvalue weighted by molar-refractivity contribution is 0.0955. The zero-order chi connectivity index (χ0) is 22.1. The standard InChI is InChI=1S/C25H35N5O.HI/c1-4-27-24(31)22-12-8-11-21(16-22)17-28-25(26-3)29-23-13-14-30(19(2)15-23)18-20-9-6-5-7-10-20;/h5-12,16,19,23H,4,13-15,17-18H2,1-3H3,(H,27,31)(H2,26,28,29);1H. The number of piperidine rings is 1. The number of nitrogens with zero attached hydrogens (tertiary/aromatic N) is 2. The summed E-state index contributed by atoms with van der Waals surface area (Å²) < 4.78 is 0. The molecule has 2 aromatic rings. The molecular weight excluding hydrogens is 513 g/mol. The van der Waals surface area contributed by atoms with Gasteiger partial charge >= 0.3 is 0 Å². The fraction of sp³-hybridized carbons (Fsp3) is 0.440. The Hall–Kier alpha value is -2.13. The molecule has 6 nitrogen and oxygen atoms in total. The number of nitrogens with one attached hydrogen (secondary N) is 3. The van der Waals surface area contributed by atoms with Gasteiger partial charge in [-0.2, -0.15) is 0 Å². The Bertz CT molecular complexity index is 874. The van der Waals surface area contributed by atoms with Gasteiger partial charge in [-0.25, -0.2) is 0 Å². The van der Waals surface area contributed by atoms with E-state index in [1.54, 1.807) is 7.05 Å². The topological polar surface area (TPSA) is 68.8 Å². The number of hydrogen-bond acceptors (Lipinski definition) is 3. The molecular formula is C25H36IN5O. The number of carbonyl (C=O) groups is 1. The smallest absolute Gasteiger partial charge is 0.251 e. The van der Waals surface area contributed by atoms with Gasteiger partial charge < -0.3 is 16.0 Å². The van der Waals surface area contributed by atoms with Gasteiger partial charge in [0.05, 0.1) is 0 Å². The van der Waals surface area contributed by atoms with Gasteiger partial charge in [-0.15, -0.1) is 24.0 Å². The molecule has 2 aromatic carbocycles. The quantitative estimate of drug-likeness (QED) is 0.280. The number of hydrogen-bond donors (Lipinski definition) is 3. The van der Waals surface area contributed by atoms with Crippen LogP contribution in [0.2, 0.25) is 0 Å². The average Bonchev–Trinajstić information content (AvgIpc) is 2.79. The van der Waals surface area contributed by atoms with Crippen LogP contribution in [0.1, 0.15) is 48.2 Å². The largest absolute Gasteiger partial charge is 0.354 e. The number of aliphatic imine (C=N–C) groups is 1. The number of guanidine groups is 1. The maximum absolute atomic E-state index is 12.1. The van der Waals surface area contributed by atoms with Gasteiger partial charge in [-0.3, -0.25) is 14.7 Å². The van der Waals surface area contributed by atoms with Crippen molar-refractivity contribution in [2.24, 2.45) is 4.99 Å². The molecule has 1 aliphatic heterocycles. The zero-order valence-corrected chi connectivity index (χ0v) is 21.6. The summed E-state index contributed by atoms with van der Waals surface area (Å²) >= 11 is 0. The van der Waals surface area contributed by atoms with E-state index in [-0.39, 0.29) is 29.9 Å². The fourth-order valence-electron chi connectivity index (χ4n) is 4.06. The van der Waals surface area contributed by atoms with Crippen molar-refractivity contribution >= 4 is 35.8 Å². The van der Waals surface area contributed by atoms with Crippen LogP contribution >= 0.6 is 24.0 Å². The Morgan fingerprint density at radius 1 is 1.09 bits per heavy atom. The summed E-state index contributed by atoms with van der Waals surface area (Å²) in [7, 11) is 1.80. The molecule has 3 N–H and O–H groups in total. The molecule has 3 rings (SSSR count). The van der Waals surface area contributed by atoms with Crippen molar-refractivity contribution in [1.82, 2.24) is 20.9 Å². The number of likely N-dealkylation sites (tertiary alicyclic amines) is 1. The van der Waals surface area contributed by atoms with E-state index in [2.05, 4.69) is 63.1 Å². The minimum Gasteiger partial charge on any atom is -0.354 e. The summed E-state index contributed by atoms with van der Waals surface area (Å²) in [5.41, 5.74) is 3.11. The third-order valence-electron chi connectivity index (χ3n) is 5.79. The maximum atomic E-state index is 12.1. The fourth-order valence-corrected chi connectivity index (χ4v) is 4.06. The molecule has 2 unspecified atom stereocenters. The molecule has 32 heavy (non-hydrogen) atoms. The first kappa shape index (κ1) is 26.1. The van der Waals surface area contributed by atoms with Crippen LogP contribution in [-0.2, 0) is 13.1 Å². The average molecular weight is 550 g/mol. The third-order valence-corrected chi connectivity index (χ3v) is 5.79. The molecule has 0 aromatic heterocycles. The van der Waals surface area contributed by atoms with Gasteiger partial charge in [0.15, 0.2) is 5.96 Å². The molecule has 2 atom stereocenters. The highest BCUT2D eigenvalue weighted by Crippen LogP contribution is 2.20. The van der Waals surface area contributed by atoms with Gasteiger partial charge in [-0.1, -0.05) is 42.5 Å². The molecule has 0 radical (unpaired) electrons. The van der Waals surface area contributed by atoms with Crippen LogP contribution in [0.5, 0.6) is 0 Å². The predicted molar refractivity (Wildman–Crippen MR) is 143 cm³/mol. The molecule has 0 spiro atoms. The Kier molecular flexibility index (Phi) is 11.0. The molecule has 174 valence electrons. The lowest BCUT2D eigenvalue weighted by Crippen LogP contribution is -2.51. The van der Waals surface area contributed by atoms with E-state index in [4.69, 9.17) is 0 Å². The second kappa shape index (κ2) is 13.4. The Balaban J connectivity index is 0.00000363. The summed E-state index contributed by atoms with van der Waals surface area (Å²) in [6.07, 6.45) is 2.17. The Labute approximate surface area is 209 Å². The molecule has 0 bridgehead atoms. The zero-order valence-electron chi connectivity index (χ0n) is 19.3. The van der Waals surface area contributed by atoms with Crippen molar-refractivity contribution in [1.29, 1.82) is 0 Å². The first-order chi connectivity index (χ1) is 15.1. The lowest BCUT2D eigenvalue weighted by Gasteiger charge is -2.38. The van der Waals surface area contributed by atoms with Crippen molar-refractivity contribution in [2.45, 2.75) is 51.9 Å². The van der Waals surface area contributed by atoms with Crippen LogP contribution in [0.4, 0.5) is 0 Å². The highest BCUT2D eigenvalue weighted by atomic mass is 127. The highest BCUT2D eigenvalue weighted by molar-refractivity contribution is 14.0. The summed E-state index contributed by atoms with van der Waals surface area (Å²) in [5, 5.41) is 9.81. The van der Waals surface area contributed by atoms with E-state index >= 15 is 0 Å². The minimum atomic E-state index is -0.0388. The van der Waals surface area contributed by atoms with E-state index in [0.717, 1.165) is 37.5 Å². The molecule has 1 aliphatic rings. The molecule has 1 heterocycles. The van der Waals surface area contributed by atoms with Crippen LogP contribution < -0.4 is 16.0 Å². The van der Waals surface area contributed by atoms with Crippen molar-refractivity contribution in [3.8, 4) is 0 Å². The van der Waals surface area contributed by atoms with E-state index in [0.29, 0.717) is 30.7 Å². The van der Waals surface area contributed by atoms with Crippen LogP contribution in [-0.4, -0.2) is 49.0 Å². The third kappa shape index (κ3) is 7.78. The SMILES string of the molecule is CCNC(=O)c1cccc(CNC(=NC)NC2CCN(Cc3ccccc3)C(C)C2)c1.I. The Morgan fingerprint density at radius 2 is 1.84 bits per heavy atom. The van der Waals surface area contributed by atoms with Crippen molar-refractivity contribution < 1.29 is 4.79 Å². The van der Waals surface area contributed by atoms with Gasteiger partial charge in [0.1, 0.15) is 0 Å². The summed E-state index contributed by atoms with van der Waals surface area (Å²) in [6.45, 7) is 7.55. The molecule has 0 aliphatic carbocycles. The van der Waals surface area contributed by atoms with E-state index < -0.39 is 0 Å². The normalized spacial score (nSPS) is 19.0. The number of rotatable bonds is 7. The van der Waals surface area contributed by atoms with E-state index in [9.17, 15) is 4.79 Å². The lowest BCUT2D eigenvalue weighted by atomic mass is 9.97. The van der Waals surface area contributed by atoms with E-state index in [1.807, 2.05) is 31.2 Å². The number of benzene rings is 2. The second-order valence-electron chi connectivity index (χ2n) is 8.16. The van der Waals surface area contributed by atoms with Crippen molar-refractivity contribution in [3.05, 3.63) is 71.3 Å². The molecule has 7 heteroatoms. The summed E-state index contributed by atoms with van der Waals surface area (Å²) in [5.74, 6) is 0.764. The van der Waals surface area contributed by atoms with Gasteiger partial charge in [0.25, 0.3) is 5.91 Å². The molecule has 1 fully saturated rings. The molecule has 1 saturated heterocycles. The monoisotopic (exact) mass is 549 g/mol.